The molecule has 1 aromatic rings. The van der Waals surface area contributed by atoms with E-state index >= 15 is 0 Å². The summed E-state index contributed by atoms with van der Waals surface area (Å²) >= 11 is 0. The fraction of sp³-hybridized carbons (Fsp3) is 0.632. The second-order valence-electron chi connectivity index (χ2n) is 6.19. The standard InChI is InChI=1S/C19H32N2O4S/c1-6-10-11-15(7-2)19(22)20-17-14-16(12-13-18(17)25-5)26(23,24)21(8-3)9-4/h12-15H,6-11H2,1-5H3,(H,20,22)/t15-/m1/s1. The molecule has 0 bridgehead atoms. The molecule has 7 heteroatoms. The number of sulfonamides is 1. The van der Waals surface area contributed by atoms with Crippen LogP contribution in [0.4, 0.5) is 5.69 Å². The zero-order valence-electron chi connectivity index (χ0n) is 16.5. The van der Waals surface area contributed by atoms with Crippen LogP contribution < -0.4 is 10.1 Å². The number of nitrogens with zero attached hydrogens (tertiary/aromatic N) is 1. The zero-order chi connectivity index (χ0) is 19.7. The molecule has 1 amide bonds. The summed E-state index contributed by atoms with van der Waals surface area (Å²) in [5.41, 5.74) is 0.390. The molecular formula is C19H32N2O4S. The van der Waals surface area contributed by atoms with Crippen LogP contribution in [0.1, 0.15) is 53.4 Å². The summed E-state index contributed by atoms with van der Waals surface area (Å²) in [6.45, 7) is 8.45. The van der Waals surface area contributed by atoms with Gasteiger partial charge in [-0.05, 0) is 31.0 Å². The van der Waals surface area contributed by atoms with Gasteiger partial charge in [0.15, 0.2) is 0 Å². The molecule has 6 nitrogen and oxygen atoms in total. The van der Waals surface area contributed by atoms with Crippen LogP contribution in [0, 0.1) is 5.92 Å². The van der Waals surface area contributed by atoms with Crippen LogP contribution in [0.5, 0.6) is 5.75 Å². The molecule has 0 radical (unpaired) electrons. The van der Waals surface area contributed by atoms with Gasteiger partial charge in [0.2, 0.25) is 15.9 Å². The van der Waals surface area contributed by atoms with Crippen molar-refractivity contribution in [2.45, 2.75) is 58.3 Å². The highest BCUT2D eigenvalue weighted by Gasteiger charge is 2.24. The van der Waals surface area contributed by atoms with Crippen LogP contribution in [-0.2, 0) is 14.8 Å². The van der Waals surface area contributed by atoms with E-state index in [1.807, 2.05) is 6.92 Å². The van der Waals surface area contributed by atoms with E-state index in [4.69, 9.17) is 4.74 Å². The predicted octanol–water partition coefficient (Wildman–Crippen LogP) is 3.88. The second kappa shape index (κ2) is 10.5. The summed E-state index contributed by atoms with van der Waals surface area (Å²) in [4.78, 5) is 12.8. The van der Waals surface area contributed by atoms with Crippen molar-refractivity contribution in [2.75, 3.05) is 25.5 Å². The molecule has 148 valence electrons. The SMILES string of the molecule is CCCC[C@@H](CC)C(=O)Nc1cc(S(=O)(=O)N(CC)CC)ccc1OC. The molecule has 0 fully saturated rings. The lowest BCUT2D eigenvalue weighted by molar-refractivity contribution is -0.120. The molecule has 0 saturated carbocycles. The monoisotopic (exact) mass is 384 g/mol. The van der Waals surface area contributed by atoms with E-state index in [2.05, 4.69) is 12.2 Å². The minimum atomic E-state index is -3.60. The molecule has 0 heterocycles. The topological polar surface area (TPSA) is 75.7 Å². The Hall–Kier alpha value is -1.60. The Morgan fingerprint density at radius 2 is 1.85 bits per heavy atom. The smallest absolute Gasteiger partial charge is 0.243 e. The van der Waals surface area contributed by atoms with Crippen molar-refractivity contribution in [1.29, 1.82) is 0 Å². The van der Waals surface area contributed by atoms with E-state index in [0.717, 1.165) is 25.7 Å². The fourth-order valence-electron chi connectivity index (χ4n) is 2.86. The first-order chi connectivity index (χ1) is 12.3. The van der Waals surface area contributed by atoms with Crippen molar-refractivity contribution >= 4 is 21.6 Å². The molecule has 1 aromatic carbocycles. The van der Waals surface area contributed by atoms with Gasteiger partial charge in [0.05, 0.1) is 17.7 Å². The van der Waals surface area contributed by atoms with Gasteiger partial charge in [-0.25, -0.2) is 8.42 Å². The number of carbonyl (C=O) groups excluding carboxylic acids is 1. The lowest BCUT2D eigenvalue weighted by Gasteiger charge is -2.20. The zero-order valence-corrected chi connectivity index (χ0v) is 17.4. The van der Waals surface area contributed by atoms with E-state index in [9.17, 15) is 13.2 Å². The van der Waals surface area contributed by atoms with E-state index in [1.54, 1.807) is 19.9 Å². The lowest BCUT2D eigenvalue weighted by Crippen LogP contribution is -2.30. The highest BCUT2D eigenvalue weighted by atomic mass is 32.2. The third-order valence-corrected chi connectivity index (χ3v) is 6.59. The van der Waals surface area contributed by atoms with Gasteiger partial charge in [0.1, 0.15) is 5.75 Å². The van der Waals surface area contributed by atoms with Gasteiger partial charge in [-0.15, -0.1) is 0 Å². The Kier molecular flexibility index (Phi) is 9.08. The molecule has 0 unspecified atom stereocenters. The number of methoxy groups -OCH3 is 1. The van der Waals surface area contributed by atoms with E-state index in [-0.39, 0.29) is 16.7 Å². The Labute approximate surface area is 158 Å². The van der Waals surface area contributed by atoms with Crippen LogP contribution in [0.3, 0.4) is 0 Å². The molecule has 0 aliphatic heterocycles. The first-order valence-electron chi connectivity index (χ1n) is 9.34. The van der Waals surface area contributed by atoms with Gasteiger partial charge in [0, 0.05) is 19.0 Å². The van der Waals surface area contributed by atoms with Gasteiger partial charge in [0.25, 0.3) is 0 Å². The predicted molar refractivity (Wildman–Crippen MR) is 105 cm³/mol. The molecule has 1 atom stereocenters. The van der Waals surface area contributed by atoms with Crippen LogP contribution in [-0.4, -0.2) is 38.8 Å². The lowest BCUT2D eigenvalue weighted by atomic mass is 9.98. The molecule has 0 aliphatic rings. The van der Waals surface area contributed by atoms with Gasteiger partial charge < -0.3 is 10.1 Å². The average molecular weight is 385 g/mol. The van der Waals surface area contributed by atoms with Crippen molar-refractivity contribution < 1.29 is 17.9 Å². The molecule has 0 aliphatic carbocycles. The fourth-order valence-corrected chi connectivity index (χ4v) is 4.35. The minimum absolute atomic E-state index is 0.0947. The third-order valence-electron chi connectivity index (χ3n) is 4.54. The van der Waals surface area contributed by atoms with Crippen molar-refractivity contribution in [2.24, 2.45) is 5.92 Å². The molecule has 0 spiro atoms. The highest BCUT2D eigenvalue weighted by Crippen LogP contribution is 2.30. The molecule has 0 aromatic heterocycles. The highest BCUT2D eigenvalue weighted by molar-refractivity contribution is 7.89. The summed E-state index contributed by atoms with van der Waals surface area (Å²) in [5, 5.41) is 2.86. The maximum absolute atomic E-state index is 12.7. The Morgan fingerprint density at radius 1 is 1.19 bits per heavy atom. The number of carbonyl (C=O) groups is 1. The Morgan fingerprint density at radius 3 is 2.35 bits per heavy atom. The number of nitrogens with one attached hydrogen (secondary N) is 1. The van der Waals surface area contributed by atoms with Crippen LogP contribution >= 0.6 is 0 Å². The Balaban J connectivity index is 3.16. The van der Waals surface area contributed by atoms with E-state index in [1.165, 1.54) is 23.5 Å². The third kappa shape index (κ3) is 5.45. The van der Waals surface area contributed by atoms with Gasteiger partial charge in [-0.1, -0.05) is 40.5 Å². The molecule has 1 rings (SSSR count). The molecule has 0 saturated heterocycles. The number of rotatable bonds is 11. The summed E-state index contributed by atoms with van der Waals surface area (Å²) in [5.74, 6) is 0.251. The first-order valence-corrected chi connectivity index (χ1v) is 10.8. The van der Waals surface area contributed by atoms with Crippen LogP contribution in [0.25, 0.3) is 0 Å². The number of ether oxygens (including phenoxy) is 1. The van der Waals surface area contributed by atoms with Crippen molar-refractivity contribution in [3.8, 4) is 5.75 Å². The quantitative estimate of drug-likeness (QED) is 0.628. The van der Waals surface area contributed by atoms with Crippen LogP contribution in [0.15, 0.2) is 23.1 Å². The summed E-state index contributed by atoms with van der Waals surface area (Å²) in [6, 6.07) is 4.58. The summed E-state index contributed by atoms with van der Waals surface area (Å²) in [7, 11) is -2.10. The average Bonchev–Trinajstić information content (AvgIpc) is 2.63. The number of hydrogen-bond acceptors (Lipinski definition) is 4. The number of amides is 1. The van der Waals surface area contributed by atoms with Crippen molar-refractivity contribution in [1.82, 2.24) is 4.31 Å². The van der Waals surface area contributed by atoms with Crippen molar-refractivity contribution in [3.05, 3.63) is 18.2 Å². The van der Waals surface area contributed by atoms with Gasteiger partial charge in [-0.3, -0.25) is 4.79 Å². The molecule has 1 N–H and O–H groups in total. The normalized spacial score (nSPS) is 12.8. The Bertz CT molecular complexity index is 685. The number of unbranched alkanes of at least 4 members (excludes halogenated alkanes) is 1. The van der Waals surface area contributed by atoms with Crippen molar-refractivity contribution in [3.63, 3.8) is 0 Å². The minimum Gasteiger partial charge on any atom is -0.495 e. The van der Waals surface area contributed by atoms with Gasteiger partial charge in [-0.2, -0.15) is 4.31 Å². The number of hydrogen-bond donors (Lipinski definition) is 1. The van der Waals surface area contributed by atoms with E-state index in [0.29, 0.717) is 24.5 Å². The maximum Gasteiger partial charge on any atom is 0.243 e. The summed E-state index contributed by atoms with van der Waals surface area (Å²) < 4.78 is 32.2. The first kappa shape index (κ1) is 22.4. The largest absolute Gasteiger partial charge is 0.495 e. The van der Waals surface area contributed by atoms with E-state index < -0.39 is 10.0 Å². The second-order valence-corrected chi connectivity index (χ2v) is 8.13. The molecule has 26 heavy (non-hydrogen) atoms. The maximum atomic E-state index is 12.7. The number of benzene rings is 1. The van der Waals surface area contributed by atoms with Gasteiger partial charge >= 0.3 is 0 Å². The number of anilines is 1. The summed E-state index contributed by atoms with van der Waals surface area (Å²) in [6.07, 6.45) is 3.58. The van der Waals surface area contributed by atoms with Crippen LogP contribution in [0.2, 0.25) is 0 Å². The molecular weight excluding hydrogens is 352 g/mol.